The number of hydrogen-bond donors (Lipinski definition) is 1. The molecular formula is C8H15ClN4O. The van der Waals surface area contributed by atoms with E-state index in [0.29, 0.717) is 6.04 Å². The molecule has 0 amide bonds. The van der Waals surface area contributed by atoms with E-state index < -0.39 is 0 Å². The molecule has 1 heterocycles. The minimum Gasteiger partial charge on any atom is -0.660 e. The van der Waals surface area contributed by atoms with E-state index in [1.807, 2.05) is 0 Å². The smallest absolute Gasteiger partial charge is 0.256 e. The molecule has 1 aliphatic carbocycles. The SMILES string of the molecule is Cl.[NH-]c1c[n+](NC2CCCCC2)no1. The molecule has 1 aromatic rings. The molecule has 14 heavy (non-hydrogen) atoms. The van der Waals surface area contributed by atoms with Crippen molar-refractivity contribution in [2.24, 2.45) is 0 Å². The second kappa shape index (κ2) is 5.05. The molecule has 1 saturated carbocycles. The highest BCUT2D eigenvalue weighted by Gasteiger charge is 2.17. The quantitative estimate of drug-likeness (QED) is 0.772. The Kier molecular flexibility index (Phi) is 4.00. The Labute approximate surface area is 89.0 Å². The van der Waals surface area contributed by atoms with Gasteiger partial charge in [0.1, 0.15) is 5.88 Å². The Morgan fingerprint density at radius 2 is 2.14 bits per heavy atom. The summed E-state index contributed by atoms with van der Waals surface area (Å²) in [5.41, 5.74) is 10.3. The average molecular weight is 219 g/mol. The highest BCUT2D eigenvalue weighted by Crippen LogP contribution is 2.17. The van der Waals surface area contributed by atoms with Gasteiger partial charge in [0.15, 0.2) is 0 Å². The first-order chi connectivity index (χ1) is 6.34. The fourth-order valence-corrected chi connectivity index (χ4v) is 1.73. The topological polar surface area (TPSA) is 65.7 Å². The molecule has 0 saturated heterocycles. The largest absolute Gasteiger partial charge is 0.660 e. The van der Waals surface area contributed by atoms with Crippen LogP contribution < -0.4 is 10.2 Å². The van der Waals surface area contributed by atoms with Crippen LogP contribution in [0.2, 0.25) is 0 Å². The number of nitrogens with zero attached hydrogens (tertiary/aromatic N) is 2. The monoisotopic (exact) mass is 218 g/mol. The highest BCUT2D eigenvalue weighted by molar-refractivity contribution is 5.85. The number of aromatic nitrogens is 2. The van der Waals surface area contributed by atoms with E-state index in [0.717, 1.165) is 0 Å². The van der Waals surface area contributed by atoms with Crippen molar-refractivity contribution in [1.29, 1.82) is 0 Å². The Morgan fingerprint density at radius 3 is 2.71 bits per heavy atom. The van der Waals surface area contributed by atoms with Crippen molar-refractivity contribution in [2.75, 3.05) is 5.43 Å². The van der Waals surface area contributed by atoms with Gasteiger partial charge in [0.2, 0.25) is 5.27 Å². The fourth-order valence-electron chi connectivity index (χ4n) is 1.73. The van der Waals surface area contributed by atoms with Crippen LogP contribution in [0.3, 0.4) is 0 Å². The first kappa shape index (κ1) is 11.1. The van der Waals surface area contributed by atoms with Gasteiger partial charge in [-0.05, 0) is 12.8 Å². The minimum absolute atomic E-state index is 0. The van der Waals surface area contributed by atoms with Crippen LogP contribution in [0.4, 0.5) is 5.88 Å². The van der Waals surface area contributed by atoms with Crippen molar-refractivity contribution in [3.63, 3.8) is 0 Å². The molecule has 2 N–H and O–H groups in total. The standard InChI is InChI=1S/C8H14N4O.ClH/c9-8-6-12(11-13-8)10-7-4-2-1-3-5-7;/h6-7,9H,1-5H2,(H,10,11);1H. The van der Waals surface area contributed by atoms with Crippen LogP contribution in [-0.4, -0.2) is 11.3 Å². The average Bonchev–Trinajstić information content (AvgIpc) is 2.53. The van der Waals surface area contributed by atoms with Crippen LogP contribution in [0.5, 0.6) is 0 Å². The van der Waals surface area contributed by atoms with Gasteiger partial charge in [-0.3, -0.25) is 0 Å². The molecule has 0 radical (unpaired) electrons. The van der Waals surface area contributed by atoms with Gasteiger partial charge in [-0.25, -0.2) is 0 Å². The summed E-state index contributed by atoms with van der Waals surface area (Å²) in [4.78, 5) is 1.50. The van der Waals surface area contributed by atoms with E-state index in [1.54, 1.807) is 0 Å². The second-order valence-corrected chi connectivity index (χ2v) is 3.47. The zero-order valence-corrected chi connectivity index (χ0v) is 8.72. The van der Waals surface area contributed by atoms with Gasteiger partial charge in [0.25, 0.3) is 6.20 Å². The lowest BCUT2D eigenvalue weighted by molar-refractivity contribution is -0.722. The Balaban J connectivity index is 0.000000980. The Bertz CT molecular complexity index is 272. The van der Waals surface area contributed by atoms with E-state index in [1.165, 1.54) is 43.1 Å². The molecule has 0 atom stereocenters. The van der Waals surface area contributed by atoms with Crippen LogP contribution in [0.1, 0.15) is 32.1 Å². The Hall–Kier alpha value is -0.970. The van der Waals surface area contributed by atoms with Crippen LogP contribution in [0.15, 0.2) is 10.7 Å². The van der Waals surface area contributed by atoms with Crippen molar-refractivity contribution >= 4 is 18.3 Å². The van der Waals surface area contributed by atoms with Crippen molar-refractivity contribution in [3.05, 3.63) is 11.9 Å². The molecule has 0 aliphatic heterocycles. The molecule has 0 bridgehead atoms. The van der Waals surface area contributed by atoms with Crippen molar-refractivity contribution < 1.29 is 9.31 Å². The molecule has 2 rings (SSSR count). The van der Waals surface area contributed by atoms with E-state index in [4.69, 9.17) is 5.73 Å². The van der Waals surface area contributed by atoms with Crippen LogP contribution >= 0.6 is 12.4 Å². The lowest BCUT2D eigenvalue weighted by atomic mass is 9.96. The lowest BCUT2D eigenvalue weighted by Crippen LogP contribution is -2.51. The third-order valence-corrected chi connectivity index (χ3v) is 2.39. The minimum atomic E-state index is 0. The van der Waals surface area contributed by atoms with E-state index >= 15 is 0 Å². The second-order valence-electron chi connectivity index (χ2n) is 3.47. The van der Waals surface area contributed by atoms with Gasteiger partial charge in [0, 0.05) is 0 Å². The third-order valence-electron chi connectivity index (χ3n) is 2.39. The summed E-state index contributed by atoms with van der Waals surface area (Å²) in [5, 5.41) is 3.65. The summed E-state index contributed by atoms with van der Waals surface area (Å²) in [6, 6.07) is 0.489. The Morgan fingerprint density at radius 1 is 1.43 bits per heavy atom. The normalized spacial score (nSPS) is 17.4. The fraction of sp³-hybridized carbons (Fsp3) is 0.750. The summed E-state index contributed by atoms with van der Waals surface area (Å²) >= 11 is 0. The third kappa shape index (κ3) is 2.77. The lowest BCUT2D eigenvalue weighted by Gasteiger charge is -2.17. The molecule has 0 spiro atoms. The molecule has 0 aromatic carbocycles. The van der Waals surface area contributed by atoms with Gasteiger partial charge >= 0.3 is 0 Å². The number of rotatable bonds is 2. The zero-order valence-electron chi connectivity index (χ0n) is 7.90. The highest BCUT2D eigenvalue weighted by atomic mass is 35.5. The first-order valence-electron chi connectivity index (χ1n) is 4.71. The molecule has 5 nitrogen and oxygen atoms in total. The van der Waals surface area contributed by atoms with Gasteiger partial charge in [-0.2, -0.15) is 5.43 Å². The van der Waals surface area contributed by atoms with Crippen LogP contribution in [0, 0.1) is 0 Å². The molecule has 0 unspecified atom stereocenters. The number of halogens is 1. The molecule has 1 aliphatic rings. The number of nitrogens with one attached hydrogen (secondary N) is 2. The maximum Gasteiger partial charge on any atom is 0.256 e. The van der Waals surface area contributed by atoms with Crippen LogP contribution in [-0.2, 0) is 0 Å². The summed E-state index contributed by atoms with van der Waals surface area (Å²) < 4.78 is 4.62. The van der Waals surface area contributed by atoms with Gasteiger partial charge in [0.05, 0.1) is 10.8 Å². The summed E-state index contributed by atoms with van der Waals surface area (Å²) in [6.45, 7) is 0. The van der Waals surface area contributed by atoms with Gasteiger partial charge < -0.3 is 10.3 Å². The van der Waals surface area contributed by atoms with Gasteiger partial charge in [-0.15, -0.1) is 12.4 Å². The summed E-state index contributed by atoms with van der Waals surface area (Å²) in [7, 11) is 0. The summed E-state index contributed by atoms with van der Waals surface area (Å²) in [5.74, 6) is 0.0864. The van der Waals surface area contributed by atoms with Crippen molar-refractivity contribution in [3.8, 4) is 0 Å². The molecule has 6 heteroatoms. The molecular weight excluding hydrogens is 204 g/mol. The van der Waals surface area contributed by atoms with E-state index in [2.05, 4.69) is 15.2 Å². The molecule has 80 valence electrons. The first-order valence-corrected chi connectivity index (χ1v) is 4.71. The van der Waals surface area contributed by atoms with Crippen molar-refractivity contribution in [2.45, 2.75) is 38.1 Å². The van der Waals surface area contributed by atoms with Crippen LogP contribution in [0.25, 0.3) is 5.73 Å². The number of hydrogen-bond acceptors (Lipinski definition) is 3. The zero-order chi connectivity index (χ0) is 9.10. The summed E-state index contributed by atoms with van der Waals surface area (Å²) in [6.07, 6.45) is 7.81. The van der Waals surface area contributed by atoms with Crippen molar-refractivity contribution in [1.82, 2.24) is 5.27 Å². The maximum atomic E-state index is 7.14. The van der Waals surface area contributed by atoms with E-state index in [9.17, 15) is 0 Å². The molecule has 1 fully saturated rings. The maximum absolute atomic E-state index is 7.14. The molecule has 1 aromatic heterocycles. The predicted molar refractivity (Wildman–Crippen MR) is 54.2 cm³/mol. The van der Waals surface area contributed by atoms with Gasteiger partial charge in [-0.1, -0.05) is 19.3 Å². The predicted octanol–water partition coefficient (Wildman–Crippen LogP) is 1.94. The van der Waals surface area contributed by atoms with E-state index in [-0.39, 0.29) is 18.3 Å².